The van der Waals surface area contributed by atoms with Crippen molar-refractivity contribution >= 4 is 11.5 Å². The molecule has 0 radical (unpaired) electrons. The van der Waals surface area contributed by atoms with Gasteiger partial charge in [0.1, 0.15) is 11.6 Å². The Morgan fingerprint density at radius 1 is 1.37 bits per heavy atom. The van der Waals surface area contributed by atoms with E-state index in [1.165, 1.54) is 12.1 Å². The zero-order valence-corrected chi connectivity index (χ0v) is 9.81. The second-order valence-electron chi connectivity index (χ2n) is 3.73. The Morgan fingerprint density at radius 3 is 2.84 bits per heavy atom. The summed E-state index contributed by atoms with van der Waals surface area (Å²) in [5, 5.41) is 19.9. The Balaban J connectivity index is 2.36. The van der Waals surface area contributed by atoms with Crippen LogP contribution in [0.15, 0.2) is 36.4 Å². The summed E-state index contributed by atoms with van der Waals surface area (Å²) in [4.78, 5) is 14.0. The van der Waals surface area contributed by atoms with E-state index in [2.05, 4.69) is 4.98 Å². The molecule has 0 aliphatic rings. The first-order valence-electron chi connectivity index (χ1n) is 5.38. The first kappa shape index (κ1) is 12.8. The minimum absolute atomic E-state index is 0.124. The van der Waals surface area contributed by atoms with Crippen molar-refractivity contribution in [2.75, 3.05) is 5.73 Å². The van der Waals surface area contributed by atoms with Crippen LogP contribution in [0.3, 0.4) is 0 Å². The van der Waals surface area contributed by atoms with Gasteiger partial charge >= 0.3 is 11.6 Å². The van der Waals surface area contributed by atoms with Crippen molar-refractivity contribution in [2.24, 2.45) is 0 Å². The largest absolute Gasteiger partial charge is 0.434 e. The smallest absolute Gasteiger partial charge is 0.331 e. The highest BCUT2D eigenvalue weighted by Gasteiger charge is 2.17. The van der Waals surface area contributed by atoms with Crippen LogP contribution in [-0.4, -0.2) is 15.0 Å². The molecule has 7 heteroatoms. The molecular formula is C12H11N3O4. The Morgan fingerprint density at radius 2 is 2.16 bits per heavy atom. The van der Waals surface area contributed by atoms with Crippen LogP contribution in [0.2, 0.25) is 0 Å². The third-order valence-corrected chi connectivity index (χ3v) is 2.35. The summed E-state index contributed by atoms with van der Waals surface area (Å²) in [5.74, 6) is 0.284. The average Bonchev–Trinajstić information content (AvgIpc) is 2.38. The van der Waals surface area contributed by atoms with E-state index < -0.39 is 4.92 Å². The van der Waals surface area contributed by atoms with Crippen LogP contribution in [0.25, 0.3) is 0 Å². The molecule has 0 saturated heterocycles. The molecule has 7 nitrogen and oxygen atoms in total. The van der Waals surface area contributed by atoms with Crippen molar-refractivity contribution < 1.29 is 14.8 Å². The van der Waals surface area contributed by atoms with Gasteiger partial charge in [-0.2, -0.15) is 4.98 Å². The molecular weight excluding hydrogens is 250 g/mol. The molecule has 0 unspecified atom stereocenters. The van der Waals surface area contributed by atoms with Crippen molar-refractivity contribution in [3.05, 3.63) is 52.1 Å². The first-order valence-corrected chi connectivity index (χ1v) is 5.38. The van der Waals surface area contributed by atoms with Gasteiger partial charge in [-0.15, -0.1) is 0 Å². The molecule has 0 bridgehead atoms. The molecule has 3 N–H and O–H groups in total. The highest BCUT2D eigenvalue weighted by molar-refractivity contribution is 5.48. The maximum absolute atomic E-state index is 10.9. The summed E-state index contributed by atoms with van der Waals surface area (Å²) in [6.07, 6.45) is 0. The van der Waals surface area contributed by atoms with Gasteiger partial charge in [-0.25, -0.2) is 0 Å². The number of nitrogens with zero attached hydrogens (tertiary/aromatic N) is 2. The first-order chi connectivity index (χ1) is 9.10. The number of hydrogen-bond donors (Lipinski definition) is 2. The SMILES string of the molecule is Nc1ccc([N+](=O)[O-])c(Oc2cccc(CO)c2)n1. The van der Waals surface area contributed by atoms with Gasteiger partial charge in [-0.1, -0.05) is 12.1 Å². The van der Waals surface area contributed by atoms with Crippen molar-refractivity contribution in [2.45, 2.75) is 6.61 Å². The number of rotatable bonds is 4. The van der Waals surface area contributed by atoms with Crippen LogP contribution in [0.5, 0.6) is 11.6 Å². The number of anilines is 1. The van der Waals surface area contributed by atoms with Crippen LogP contribution in [-0.2, 0) is 6.61 Å². The number of nitrogen functional groups attached to an aromatic ring is 1. The van der Waals surface area contributed by atoms with Gasteiger partial charge < -0.3 is 15.6 Å². The molecule has 2 rings (SSSR count). The zero-order chi connectivity index (χ0) is 13.8. The number of aliphatic hydroxyl groups excluding tert-OH is 1. The van der Waals surface area contributed by atoms with Crippen molar-refractivity contribution in [3.63, 3.8) is 0 Å². The van der Waals surface area contributed by atoms with Gasteiger partial charge in [0.25, 0.3) is 0 Å². The summed E-state index contributed by atoms with van der Waals surface area (Å²) in [6.45, 7) is -0.149. The standard InChI is InChI=1S/C12H11N3O4/c13-11-5-4-10(15(17)18)12(14-11)19-9-3-1-2-8(6-9)7-16/h1-6,16H,7H2,(H2,13,14). The second-order valence-corrected chi connectivity index (χ2v) is 3.73. The number of nitrogens with two attached hydrogens (primary N) is 1. The van der Waals surface area contributed by atoms with Gasteiger partial charge in [-0.3, -0.25) is 10.1 Å². The number of pyridine rings is 1. The third kappa shape index (κ3) is 2.96. The van der Waals surface area contributed by atoms with Gasteiger partial charge in [0, 0.05) is 6.07 Å². The molecule has 1 aromatic carbocycles. The number of nitro groups is 1. The number of aliphatic hydroxyl groups is 1. The Bertz CT molecular complexity index is 616. The molecule has 19 heavy (non-hydrogen) atoms. The molecule has 0 fully saturated rings. The maximum atomic E-state index is 10.9. The zero-order valence-electron chi connectivity index (χ0n) is 9.81. The van der Waals surface area contributed by atoms with E-state index in [1.54, 1.807) is 24.3 Å². The fraction of sp³-hybridized carbons (Fsp3) is 0.0833. The fourth-order valence-electron chi connectivity index (χ4n) is 1.48. The topological polar surface area (TPSA) is 112 Å². The van der Waals surface area contributed by atoms with Crippen LogP contribution in [0.1, 0.15) is 5.56 Å². The molecule has 0 saturated carbocycles. The van der Waals surface area contributed by atoms with E-state index in [9.17, 15) is 10.1 Å². The predicted molar refractivity (Wildman–Crippen MR) is 67.7 cm³/mol. The van der Waals surface area contributed by atoms with E-state index in [-0.39, 0.29) is 24.0 Å². The predicted octanol–water partition coefficient (Wildman–Crippen LogP) is 1.86. The number of aromatic nitrogens is 1. The van der Waals surface area contributed by atoms with Gasteiger partial charge in [0.2, 0.25) is 0 Å². The van der Waals surface area contributed by atoms with Crippen LogP contribution < -0.4 is 10.5 Å². The fourth-order valence-corrected chi connectivity index (χ4v) is 1.48. The van der Waals surface area contributed by atoms with E-state index in [0.717, 1.165) is 0 Å². The molecule has 2 aromatic rings. The Kier molecular flexibility index (Phi) is 3.58. The molecule has 0 amide bonds. The van der Waals surface area contributed by atoms with Gasteiger partial charge in [-0.05, 0) is 23.8 Å². The highest BCUT2D eigenvalue weighted by Crippen LogP contribution is 2.30. The summed E-state index contributed by atoms with van der Waals surface area (Å²) < 4.78 is 5.35. The van der Waals surface area contributed by atoms with Crippen LogP contribution in [0.4, 0.5) is 11.5 Å². The summed E-state index contributed by atoms with van der Waals surface area (Å²) in [7, 11) is 0. The maximum Gasteiger partial charge on any atom is 0.331 e. The average molecular weight is 261 g/mol. The van der Waals surface area contributed by atoms with E-state index >= 15 is 0 Å². The lowest BCUT2D eigenvalue weighted by atomic mass is 10.2. The summed E-state index contributed by atoms with van der Waals surface area (Å²) in [6, 6.07) is 9.10. The lowest BCUT2D eigenvalue weighted by molar-refractivity contribution is -0.386. The second kappa shape index (κ2) is 5.32. The molecule has 0 spiro atoms. The highest BCUT2D eigenvalue weighted by atomic mass is 16.6. The van der Waals surface area contributed by atoms with Crippen LogP contribution in [0, 0.1) is 10.1 Å². The molecule has 0 atom stereocenters. The van der Waals surface area contributed by atoms with Crippen molar-refractivity contribution in [1.29, 1.82) is 0 Å². The van der Waals surface area contributed by atoms with Crippen molar-refractivity contribution in [3.8, 4) is 11.6 Å². The summed E-state index contributed by atoms with van der Waals surface area (Å²) in [5.41, 5.74) is 5.84. The molecule has 1 heterocycles. The molecule has 98 valence electrons. The molecule has 0 aliphatic carbocycles. The third-order valence-electron chi connectivity index (χ3n) is 2.35. The molecule has 1 aromatic heterocycles. The lowest BCUT2D eigenvalue weighted by Gasteiger charge is -2.06. The molecule has 0 aliphatic heterocycles. The Hall–Kier alpha value is -2.67. The minimum Gasteiger partial charge on any atom is -0.434 e. The van der Waals surface area contributed by atoms with E-state index in [0.29, 0.717) is 11.3 Å². The van der Waals surface area contributed by atoms with E-state index in [1.807, 2.05) is 0 Å². The van der Waals surface area contributed by atoms with Gasteiger partial charge in [0.15, 0.2) is 0 Å². The van der Waals surface area contributed by atoms with Crippen LogP contribution >= 0.6 is 0 Å². The summed E-state index contributed by atoms with van der Waals surface area (Å²) >= 11 is 0. The number of hydrogen-bond acceptors (Lipinski definition) is 6. The number of ether oxygens (including phenoxy) is 1. The normalized spacial score (nSPS) is 10.2. The monoisotopic (exact) mass is 261 g/mol. The van der Waals surface area contributed by atoms with Gasteiger partial charge in [0.05, 0.1) is 11.5 Å². The van der Waals surface area contributed by atoms with Crippen molar-refractivity contribution in [1.82, 2.24) is 4.98 Å². The lowest BCUT2D eigenvalue weighted by Crippen LogP contribution is -1.99. The Labute approximate surface area is 108 Å². The van der Waals surface area contributed by atoms with E-state index in [4.69, 9.17) is 15.6 Å². The minimum atomic E-state index is -0.600. The number of benzene rings is 1. The quantitative estimate of drug-likeness (QED) is 0.641.